The van der Waals surface area contributed by atoms with Gasteiger partial charge in [-0.15, -0.1) is 0 Å². The predicted octanol–water partition coefficient (Wildman–Crippen LogP) is 1.75. The van der Waals surface area contributed by atoms with Crippen LogP contribution in [0.15, 0.2) is 18.2 Å². The molecule has 1 aliphatic rings. The molecule has 1 amide bonds. The van der Waals surface area contributed by atoms with Crippen molar-refractivity contribution in [1.82, 2.24) is 0 Å². The smallest absolute Gasteiger partial charge is 0.265 e. The number of anilines is 2. The second-order valence-corrected chi connectivity index (χ2v) is 5.15. The first kappa shape index (κ1) is 12.1. The topological polar surface area (TPSA) is 55.6 Å². The van der Waals surface area contributed by atoms with E-state index in [1.54, 1.807) is 17.0 Å². The Morgan fingerprint density at radius 1 is 1.53 bits per heavy atom. The molecule has 2 N–H and O–H groups in total. The number of amides is 1. The zero-order valence-electron chi connectivity index (χ0n) is 9.81. The van der Waals surface area contributed by atoms with Gasteiger partial charge in [0, 0.05) is 18.0 Å². The van der Waals surface area contributed by atoms with Crippen molar-refractivity contribution in [2.24, 2.45) is 0 Å². The maximum atomic E-state index is 11.8. The summed E-state index contributed by atoms with van der Waals surface area (Å²) in [6.45, 7) is 2.93. The highest BCUT2D eigenvalue weighted by atomic mass is 32.2. The summed E-state index contributed by atoms with van der Waals surface area (Å²) in [5, 5.41) is 0. The molecule has 0 saturated heterocycles. The summed E-state index contributed by atoms with van der Waals surface area (Å²) < 4.78 is 5.37. The number of hydrogen-bond acceptors (Lipinski definition) is 4. The normalized spacial score (nSPS) is 14.4. The van der Waals surface area contributed by atoms with Gasteiger partial charge in [-0.1, -0.05) is 6.92 Å². The monoisotopic (exact) mass is 252 g/mol. The Bertz CT molecular complexity index is 423. The third-order valence-electron chi connectivity index (χ3n) is 2.59. The zero-order chi connectivity index (χ0) is 12.3. The van der Waals surface area contributed by atoms with Crippen molar-refractivity contribution in [3.8, 4) is 5.75 Å². The van der Waals surface area contributed by atoms with E-state index in [0.29, 0.717) is 12.2 Å². The van der Waals surface area contributed by atoms with Crippen LogP contribution in [0.5, 0.6) is 5.75 Å². The lowest BCUT2D eigenvalue weighted by Crippen LogP contribution is -2.40. The fraction of sp³-hybridized carbons (Fsp3) is 0.417. The van der Waals surface area contributed by atoms with Gasteiger partial charge in [0.2, 0.25) is 0 Å². The minimum absolute atomic E-state index is 0.000182. The van der Waals surface area contributed by atoms with Gasteiger partial charge in [-0.2, -0.15) is 11.8 Å². The molecule has 92 valence electrons. The predicted molar refractivity (Wildman–Crippen MR) is 71.7 cm³/mol. The van der Waals surface area contributed by atoms with Gasteiger partial charge in [-0.3, -0.25) is 4.79 Å². The summed E-state index contributed by atoms with van der Waals surface area (Å²) in [7, 11) is 0. The van der Waals surface area contributed by atoms with E-state index in [4.69, 9.17) is 10.5 Å². The van der Waals surface area contributed by atoms with Gasteiger partial charge in [0.25, 0.3) is 5.91 Å². The van der Waals surface area contributed by atoms with Gasteiger partial charge in [0.1, 0.15) is 5.75 Å². The molecule has 0 saturated carbocycles. The highest BCUT2D eigenvalue weighted by Crippen LogP contribution is 2.33. The molecule has 0 radical (unpaired) electrons. The molecule has 0 aromatic heterocycles. The van der Waals surface area contributed by atoms with Crippen molar-refractivity contribution < 1.29 is 9.53 Å². The fourth-order valence-corrected chi connectivity index (χ4v) is 2.36. The number of thioether (sulfide) groups is 1. The van der Waals surface area contributed by atoms with Crippen LogP contribution in [0.3, 0.4) is 0 Å². The number of rotatable bonds is 4. The third-order valence-corrected chi connectivity index (χ3v) is 3.47. The molecule has 1 heterocycles. The fourth-order valence-electron chi connectivity index (χ4n) is 1.76. The molecular weight excluding hydrogens is 236 g/mol. The SMILES string of the molecule is CCSCCN1C(=O)COc2ccc(N)cc21. The number of nitrogens with two attached hydrogens (primary N) is 1. The van der Waals surface area contributed by atoms with E-state index in [2.05, 4.69) is 6.92 Å². The molecule has 0 aliphatic carbocycles. The first-order valence-corrected chi connectivity index (χ1v) is 6.78. The first-order valence-electron chi connectivity index (χ1n) is 5.63. The van der Waals surface area contributed by atoms with E-state index in [0.717, 1.165) is 22.9 Å². The molecule has 5 heteroatoms. The summed E-state index contributed by atoms with van der Waals surface area (Å²) in [6, 6.07) is 5.40. The number of nitrogens with zero attached hydrogens (tertiary/aromatic N) is 1. The van der Waals surface area contributed by atoms with E-state index in [1.165, 1.54) is 0 Å². The minimum atomic E-state index is -0.000182. The van der Waals surface area contributed by atoms with Gasteiger partial charge in [0.15, 0.2) is 6.61 Å². The maximum Gasteiger partial charge on any atom is 0.265 e. The number of fused-ring (bicyclic) bond motifs is 1. The Balaban J connectivity index is 2.20. The number of hydrogen-bond donors (Lipinski definition) is 1. The number of carbonyl (C=O) groups is 1. The third kappa shape index (κ3) is 2.66. The molecule has 1 aliphatic heterocycles. The second kappa shape index (κ2) is 5.31. The first-order chi connectivity index (χ1) is 8.22. The molecule has 0 bridgehead atoms. The summed E-state index contributed by atoms with van der Waals surface area (Å²) in [6.07, 6.45) is 0. The lowest BCUT2D eigenvalue weighted by atomic mass is 10.2. The van der Waals surface area contributed by atoms with E-state index < -0.39 is 0 Å². The Morgan fingerprint density at radius 3 is 3.12 bits per heavy atom. The summed E-state index contributed by atoms with van der Waals surface area (Å²) >= 11 is 1.82. The summed E-state index contributed by atoms with van der Waals surface area (Å²) in [5.41, 5.74) is 7.18. The molecule has 1 aromatic rings. The van der Waals surface area contributed by atoms with Crippen LogP contribution < -0.4 is 15.4 Å². The van der Waals surface area contributed by atoms with Crippen LogP contribution in [0.2, 0.25) is 0 Å². The molecule has 0 unspecified atom stereocenters. The van der Waals surface area contributed by atoms with Crippen LogP contribution in [-0.2, 0) is 4.79 Å². The summed E-state index contributed by atoms with van der Waals surface area (Å²) in [4.78, 5) is 13.6. The highest BCUT2D eigenvalue weighted by Gasteiger charge is 2.24. The Labute approximate surface area is 105 Å². The Kier molecular flexibility index (Phi) is 3.78. The average Bonchev–Trinajstić information content (AvgIpc) is 2.32. The zero-order valence-corrected chi connectivity index (χ0v) is 10.6. The molecule has 17 heavy (non-hydrogen) atoms. The van der Waals surface area contributed by atoms with Crippen molar-refractivity contribution in [3.63, 3.8) is 0 Å². The van der Waals surface area contributed by atoms with Crippen LogP contribution in [-0.4, -0.2) is 30.6 Å². The van der Waals surface area contributed by atoms with E-state index in [-0.39, 0.29) is 12.5 Å². The van der Waals surface area contributed by atoms with Crippen molar-refractivity contribution in [1.29, 1.82) is 0 Å². The van der Waals surface area contributed by atoms with Crippen molar-refractivity contribution >= 4 is 29.0 Å². The number of benzene rings is 1. The highest BCUT2D eigenvalue weighted by molar-refractivity contribution is 7.99. The van der Waals surface area contributed by atoms with Crippen LogP contribution in [0.4, 0.5) is 11.4 Å². The van der Waals surface area contributed by atoms with Gasteiger partial charge < -0.3 is 15.4 Å². The van der Waals surface area contributed by atoms with Crippen LogP contribution in [0, 0.1) is 0 Å². The largest absolute Gasteiger partial charge is 0.482 e. The minimum Gasteiger partial charge on any atom is -0.482 e. The molecule has 0 atom stereocenters. The number of ether oxygens (including phenoxy) is 1. The molecule has 0 fully saturated rings. The van der Waals surface area contributed by atoms with Gasteiger partial charge in [-0.25, -0.2) is 0 Å². The number of nitrogen functional groups attached to an aromatic ring is 1. The van der Waals surface area contributed by atoms with Crippen molar-refractivity contribution in [2.75, 3.05) is 35.3 Å². The standard InChI is InChI=1S/C12H16N2O2S/c1-2-17-6-5-14-10-7-9(13)3-4-11(10)16-8-12(14)15/h3-4,7H,2,5-6,8,13H2,1H3. The molecule has 1 aromatic carbocycles. The Morgan fingerprint density at radius 2 is 2.35 bits per heavy atom. The van der Waals surface area contributed by atoms with Crippen LogP contribution >= 0.6 is 11.8 Å². The van der Waals surface area contributed by atoms with Gasteiger partial charge in [0.05, 0.1) is 5.69 Å². The summed E-state index contributed by atoms with van der Waals surface area (Å²) in [5.74, 6) is 2.72. The van der Waals surface area contributed by atoms with E-state index in [1.807, 2.05) is 17.8 Å². The van der Waals surface area contributed by atoms with Gasteiger partial charge >= 0.3 is 0 Å². The lowest BCUT2D eigenvalue weighted by Gasteiger charge is -2.29. The number of carbonyl (C=O) groups excluding carboxylic acids is 1. The Hall–Kier alpha value is -1.36. The van der Waals surface area contributed by atoms with E-state index in [9.17, 15) is 4.79 Å². The maximum absolute atomic E-state index is 11.8. The average molecular weight is 252 g/mol. The second-order valence-electron chi connectivity index (χ2n) is 3.76. The van der Waals surface area contributed by atoms with Crippen molar-refractivity contribution in [2.45, 2.75) is 6.92 Å². The van der Waals surface area contributed by atoms with Gasteiger partial charge in [-0.05, 0) is 24.0 Å². The quantitative estimate of drug-likeness (QED) is 0.655. The van der Waals surface area contributed by atoms with Crippen molar-refractivity contribution in [3.05, 3.63) is 18.2 Å². The molecule has 4 nitrogen and oxygen atoms in total. The lowest BCUT2D eigenvalue weighted by molar-refractivity contribution is -0.121. The van der Waals surface area contributed by atoms with Crippen LogP contribution in [0.25, 0.3) is 0 Å². The van der Waals surface area contributed by atoms with E-state index >= 15 is 0 Å². The molecule has 2 rings (SSSR count). The molecular formula is C12H16N2O2S. The molecule has 0 spiro atoms. The van der Waals surface area contributed by atoms with Crippen LogP contribution in [0.1, 0.15) is 6.92 Å².